The SMILES string of the molecule is C=CCC(NC(=O)C=C)C1CCCCC1. The van der Waals surface area contributed by atoms with Crippen LogP contribution in [0.2, 0.25) is 0 Å². The molecule has 1 N–H and O–H groups in total. The molecule has 0 aliphatic heterocycles. The fourth-order valence-electron chi connectivity index (χ4n) is 2.33. The average molecular weight is 207 g/mol. The van der Waals surface area contributed by atoms with Gasteiger partial charge in [0, 0.05) is 6.04 Å². The minimum atomic E-state index is -0.0626. The summed E-state index contributed by atoms with van der Waals surface area (Å²) in [5, 5.41) is 3.01. The third-order valence-electron chi connectivity index (χ3n) is 3.15. The lowest BCUT2D eigenvalue weighted by Gasteiger charge is -2.30. The molecule has 1 unspecified atom stereocenters. The molecule has 0 saturated heterocycles. The summed E-state index contributed by atoms with van der Waals surface area (Å²) in [5.41, 5.74) is 0. The first-order valence-electron chi connectivity index (χ1n) is 5.81. The first kappa shape index (κ1) is 12.0. The van der Waals surface area contributed by atoms with Crippen LogP contribution in [0.5, 0.6) is 0 Å². The Kier molecular flexibility index (Phi) is 5.16. The van der Waals surface area contributed by atoms with Gasteiger partial charge in [-0.05, 0) is 31.3 Å². The van der Waals surface area contributed by atoms with E-state index in [1.54, 1.807) is 0 Å². The third kappa shape index (κ3) is 3.90. The maximum Gasteiger partial charge on any atom is 0.243 e. The summed E-state index contributed by atoms with van der Waals surface area (Å²) in [4.78, 5) is 11.3. The van der Waals surface area contributed by atoms with Gasteiger partial charge in [0.05, 0.1) is 0 Å². The minimum Gasteiger partial charge on any atom is -0.349 e. The second kappa shape index (κ2) is 6.44. The molecule has 2 heteroatoms. The molecule has 0 radical (unpaired) electrons. The maximum atomic E-state index is 11.3. The van der Waals surface area contributed by atoms with Crippen molar-refractivity contribution in [1.29, 1.82) is 0 Å². The van der Waals surface area contributed by atoms with Gasteiger partial charge in [-0.3, -0.25) is 4.79 Å². The van der Waals surface area contributed by atoms with Gasteiger partial charge in [-0.15, -0.1) is 6.58 Å². The Morgan fingerprint density at radius 3 is 2.53 bits per heavy atom. The van der Waals surface area contributed by atoms with Crippen LogP contribution in [0.25, 0.3) is 0 Å². The van der Waals surface area contributed by atoms with E-state index in [1.807, 2.05) is 6.08 Å². The molecule has 15 heavy (non-hydrogen) atoms. The molecule has 1 aliphatic rings. The van der Waals surface area contributed by atoms with E-state index >= 15 is 0 Å². The van der Waals surface area contributed by atoms with Crippen molar-refractivity contribution in [1.82, 2.24) is 5.32 Å². The molecule has 0 aromatic rings. The molecule has 1 fully saturated rings. The molecule has 2 nitrogen and oxygen atoms in total. The van der Waals surface area contributed by atoms with Crippen molar-refractivity contribution in [2.24, 2.45) is 5.92 Å². The second-order valence-corrected chi connectivity index (χ2v) is 4.24. The highest BCUT2D eigenvalue weighted by Gasteiger charge is 2.23. The van der Waals surface area contributed by atoms with Crippen LogP contribution in [-0.4, -0.2) is 11.9 Å². The Morgan fingerprint density at radius 1 is 1.33 bits per heavy atom. The average Bonchev–Trinajstić information content (AvgIpc) is 2.29. The van der Waals surface area contributed by atoms with Crippen molar-refractivity contribution in [2.75, 3.05) is 0 Å². The van der Waals surface area contributed by atoms with E-state index in [4.69, 9.17) is 0 Å². The van der Waals surface area contributed by atoms with Crippen molar-refractivity contribution >= 4 is 5.91 Å². The van der Waals surface area contributed by atoms with E-state index in [0.717, 1.165) is 6.42 Å². The van der Waals surface area contributed by atoms with Crippen LogP contribution in [0.3, 0.4) is 0 Å². The van der Waals surface area contributed by atoms with E-state index < -0.39 is 0 Å². The standard InChI is InChI=1S/C13H21NO/c1-3-8-12(14-13(15)4-2)11-9-6-5-7-10-11/h3-4,11-12H,1-2,5-10H2,(H,14,15). The fraction of sp³-hybridized carbons (Fsp3) is 0.615. The van der Waals surface area contributed by atoms with Crippen LogP contribution in [0, 0.1) is 5.92 Å². The van der Waals surface area contributed by atoms with Crippen molar-refractivity contribution in [2.45, 2.75) is 44.6 Å². The summed E-state index contributed by atoms with van der Waals surface area (Å²) >= 11 is 0. The van der Waals surface area contributed by atoms with Gasteiger partial charge in [-0.2, -0.15) is 0 Å². The van der Waals surface area contributed by atoms with Gasteiger partial charge in [-0.1, -0.05) is 31.9 Å². The van der Waals surface area contributed by atoms with Crippen molar-refractivity contribution in [3.05, 3.63) is 25.3 Å². The number of amides is 1. The number of hydrogen-bond acceptors (Lipinski definition) is 1. The van der Waals surface area contributed by atoms with Crippen LogP contribution in [0.15, 0.2) is 25.3 Å². The summed E-state index contributed by atoms with van der Waals surface area (Å²) in [7, 11) is 0. The second-order valence-electron chi connectivity index (χ2n) is 4.24. The molecule has 0 heterocycles. The smallest absolute Gasteiger partial charge is 0.243 e. The highest BCUT2D eigenvalue weighted by atomic mass is 16.1. The topological polar surface area (TPSA) is 29.1 Å². The Morgan fingerprint density at radius 2 is 2.00 bits per heavy atom. The zero-order chi connectivity index (χ0) is 11.1. The van der Waals surface area contributed by atoms with E-state index in [1.165, 1.54) is 38.2 Å². The van der Waals surface area contributed by atoms with Crippen LogP contribution >= 0.6 is 0 Å². The fourth-order valence-corrected chi connectivity index (χ4v) is 2.33. The Bertz CT molecular complexity index is 229. The number of carbonyl (C=O) groups excluding carboxylic acids is 1. The summed E-state index contributed by atoms with van der Waals surface area (Å²) in [6, 6.07) is 0.258. The lowest BCUT2D eigenvalue weighted by atomic mass is 9.82. The van der Waals surface area contributed by atoms with Gasteiger partial charge in [0.15, 0.2) is 0 Å². The Balaban J connectivity index is 2.50. The molecular weight excluding hydrogens is 186 g/mol. The van der Waals surface area contributed by atoms with Gasteiger partial charge in [0.25, 0.3) is 0 Å². The lowest BCUT2D eigenvalue weighted by Crippen LogP contribution is -2.39. The van der Waals surface area contributed by atoms with E-state index in [0.29, 0.717) is 5.92 Å². The number of hydrogen-bond donors (Lipinski definition) is 1. The van der Waals surface area contributed by atoms with Crippen molar-refractivity contribution in [3.63, 3.8) is 0 Å². The molecule has 0 bridgehead atoms. The Labute approximate surface area is 92.4 Å². The highest BCUT2D eigenvalue weighted by molar-refractivity contribution is 5.87. The van der Waals surface area contributed by atoms with Crippen molar-refractivity contribution < 1.29 is 4.79 Å². The van der Waals surface area contributed by atoms with E-state index in [-0.39, 0.29) is 11.9 Å². The predicted octanol–water partition coefficient (Wildman–Crippen LogP) is 2.81. The van der Waals surface area contributed by atoms with E-state index in [9.17, 15) is 4.79 Å². The van der Waals surface area contributed by atoms with Gasteiger partial charge >= 0.3 is 0 Å². The monoisotopic (exact) mass is 207 g/mol. The quantitative estimate of drug-likeness (QED) is 0.545. The van der Waals surface area contributed by atoms with Gasteiger partial charge in [-0.25, -0.2) is 0 Å². The summed E-state index contributed by atoms with van der Waals surface area (Å²) in [5.74, 6) is 0.563. The van der Waals surface area contributed by atoms with Crippen molar-refractivity contribution in [3.8, 4) is 0 Å². The normalized spacial score (nSPS) is 19.2. The largest absolute Gasteiger partial charge is 0.349 e. The number of nitrogens with one attached hydrogen (secondary N) is 1. The molecule has 84 valence electrons. The third-order valence-corrected chi connectivity index (χ3v) is 3.15. The van der Waals surface area contributed by atoms with E-state index in [2.05, 4.69) is 18.5 Å². The first-order chi connectivity index (χ1) is 7.27. The maximum absolute atomic E-state index is 11.3. The first-order valence-corrected chi connectivity index (χ1v) is 5.81. The molecule has 0 spiro atoms. The van der Waals surface area contributed by atoms with Crippen LogP contribution in [0.1, 0.15) is 38.5 Å². The molecule has 1 atom stereocenters. The molecule has 0 aromatic heterocycles. The predicted molar refractivity (Wildman–Crippen MR) is 63.5 cm³/mol. The molecule has 1 rings (SSSR count). The molecule has 0 aromatic carbocycles. The summed E-state index contributed by atoms with van der Waals surface area (Å²) < 4.78 is 0. The molecule has 1 saturated carbocycles. The highest BCUT2D eigenvalue weighted by Crippen LogP contribution is 2.27. The lowest BCUT2D eigenvalue weighted by molar-refractivity contribution is -0.117. The zero-order valence-electron chi connectivity index (χ0n) is 9.37. The molecule has 1 aliphatic carbocycles. The molecular formula is C13H21NO. The molecule has 1 amide bonds. The number of carbonyl (C=O) groups is 1. The summed E-state index contributed by atoms with van der Waals surface area (Å²) in [6.07, 6.45) is 10.5. The van der Waals surface area contributed by atoms with Crippen LogP contribution < -0.4 is 5.32 Å². The zero-order valence-corrected chi connectivity index (χ0v) is 9.37. The number of rotatable bonds is 5. The van der Waals surface area contributed by atoms with Crippen LogP contribution in [-0.2, 0) is 4.79 Å². The van der Waals surface area contributed by atoms with Gasteiger partial charge in [0.1, 0.15) is 0 Å². The van der Waals surface area contributed by atoms with Crippen LogP contribution in [0.4, 0.5) is 0 Å². The van der Waals surface area contributed by atoms with Gasteiger partial charge in [0.2, 0.25) is 5.91 Å². The summed E-state index contributed by atoms with van der Waals surface area (Å²) in [6.45, 7) is 7.23. The Hall–Kier alpha value is -1.05. The minimum absolute atomic E-state index is 0.0626. The van der Waals surface area contributed by atoms with Gasteiger partial charge < -0.3 is 5.32 Å².